The van der Waals surface area contributed by atoms with E-state index in [-0.39, 0.29) is 28.6 Å². The number of allylic oxidation sites excluding steroid dienone is 1. The third-order valence-corrected chi connectivity index (χ3v) is 10.3. The monoisotopic (exact) mass is 655 g/mol. The average Bonchev–Trinajstić information content (AvgIpc) is 3.03. The van der Waals surface area contributed by atoms with E-state index >= 15 is 0 Å². The molecule has 1 aliphatic heterocycles. The van der Waals surface area contributed by atoms with Gasteiger partial charge in [0.25, 0.3) is 17.5 Å². The Morgan fingerprint density at radius 3 is 2.27 bits per heavy atom. The molecule has 1 N–H and O–H groups in total. The van der Waals surface area contributed by atoms with Gasteiger partial charge in [-0.15, -0.1) is 0 Å². The van der Waals surface area contributed by atoms with Gasteiger partial charge < -0.3 is 19.5 Å². The molecule has 1 fully saturated rings. The number of para-hydroxylation sites is 1. The number of benzene rings is 3. The van der Waals surface area contributed by atoms with Crippen LogP contribution >= 0.6 is 10.8 Å². The standard InChI is InChI=1S/C30H29N3O10S2/c1-19-9-15-24(16-10-19)45(39,40)44-29-26(31-25(34)18-42-23-7-5-4-6-8-23)28(35)32(29)27(20(2)41-3)30(36)43-17-21-11-13-22(14-12-21)33(37)38/h4-16,26,29H,17-18H2,1-3H3,(H,31,34). The number of nitrogens with one attached hydrogen (secondary N) is 1. The van der Waals surface area contributed by atoms with Gasteiger partial charge in [0.2, 0.25) is 8.87 Å². The number of nitrogens with zero attached hydrogens (tertiary/aromatic N) is 2. The highest BCUT2D eigenvalue weighted by Crippen LogP contribution is 2.40. The Hall–Kier alpha value is -4.89. The van der Waals surface area contributed by atoms with E-state index in [2.05, 4.69) is 5.32 Å². The van der Waals surface area contributed by atoms with Crippen molar-refractivity contribution in [2.75, 3.05) is 13.7 Å². The van der Waals surface area contributed by atoms with Crippen LogP contribution in [0.15, 0.2) is 95.2 Å². The first-order valence-electron chi connectivity index (χ1n) is 13.4. The first-order chi connectivity index (χ1) is 21.4. The second-order valence-corrected chi connectivity index (χ2v) is 13.7. The topological polar surface area (TPSA) is 171 Å². The summed E-state index contributed by atoms with van der Waals surface area (Å²) in [4.78, 5) is 50.9. The Kier molecular flexibility index (Phi) is 10.5. The van der Waals surface area contributed by atoms with Crippen LogP contribution in [0.25, 0.3) is 0 Å². The van der Waals surface area contributed by atoms with Gasteiger partial charge in [-0.3, -0.25) is 24.6 Å². The van der Waals surface area contributed by atoms with Crippen molar-refractivity contribution in [1.29, 1.82) is 0 Å². The number of non-ortho nitro benzene ring substituents is 1. The Balaban J connectivity index is 1.58. The molecule has 1 heterocycles. The summed E-state index contributed by atoms with van der Waals surface area (Å²) in [6, 6.07) is 18.5. The number of ether oxygens (including phenoxy) is 3. The molecule has 2 unspecified atom stereocenters. The lowest BCUT2D eigenvalue weighted by molar-refractivity contribution is -0.384. The van der Waals surface area contributed by atoms with E-state index in [1.807, 2.05) is 0 Å². The van der Waals surface area contributed by atoms with Gasteiger partial charge >= 0.3 is 5.97 Å². The number of nitro groups is 1. The average molecular weight is 656 g/mol. The van der Waals surface area contributed by atoms with Crippen molar-refractivity contribution in [3.8, 4) is 5.75 Å². The molecule has 0 spiro atoms. The zero-order chi connectivity index (χ0) is 32.7. The summed E-state index contributed by atoms with van der Waals surface area (Å²) in [5.41, 5.74) is 0.741. The number of hydrogen-bond donors (Lipinski definition) is 1. The maximum absolute atomic E-state index is 13.5. The number of esters is 1. The Morgan fingerprint density at radius 2 is 1.67 bits per heavy atom. The first kappa shape index (κ1) is 33.0. The van der Waals surface area contributed by atoms with Gasteiger partial charge in [-0.25, -0.2) is 13.2 Å². The van der Waals surface area contributed by atoms with Gasteiger partial charge in [0.1, 0.15) is 29.5 Å². The zero-order valence-electron chi connectivity index (χ0n) is 24.4. The molecule has 15 heteroatoms. The van der Waals surface area contributed by atoms with E-state index < -0.39 is 49.6 Å². The molecule has 13 nitrogen and oxygen atoms in total. The number of rotatable bonds is 13. The molecule has 4 rings (SSSR count). The molecule has 0 bridgehead atoms. The van der Waals surface area contributed by atoms with Gasteiger partial charge in [-0.05, 0) is 55.8 Å². The second kappa shape index (κ2) is 14.3. The molecular weight excluding hydrogens is 626 g/mol. The van der Waals surface area contributed by atoms with Crippen LogP contribution < -0.4 is 10.1 Å². The number of carbonyl (C=O) groups is 3. The Morgan fingerprint density at radius 1 is 1.02 bits per heavy atom. The molecular formula is C30H29N3O10S2. The predicted octanol–water partition coefficient (Wildman–Crippen LogP) is 3.68. The van der Waals surface area contributed by atoms with Crippen LogP contribution in [0.1, 0.15) is 18.1 Å². The number of carbonyl (C=O) groups excluding carboxylic acids is 3. The largest absolute Gasteiger partial charge is 0.499 e. The lowest BCUT2D eigenvalue weighted by Gasteiger charge is -2.46. The minimum Gasteiger partial charge on any atom is -0.499 e. The van der Waals surface area contributed by atoms with Gasteiger partial charge in [0.05, 0.1) is 16.9 Å². The van der Waals surface area contributed by atoms with Crippen LogP contribution in [-0.4, -0.2) is 61.2 Å². The van der Waals surface area contributed by atoms with Crippen LogP contribution in [0, 0.1) is 17.0 Å². The maximum Gasteiger partial charge on any atom is 0.358 e. The molecule has 3 aromatic carbocycles. The SMILES string of the molecule is COC(C)=C(C(=O)OCc1ccc([N+](=O)[O-])cc1)N1C(=O)C(NC(=O)COc2ccccc2)C1SS(=O)(=O)c1ccc(C)cc1. The maximum atomic E-state index is 13.5. The van der Waals surface area contributed by atoms with E-state index in [4.69, 9.17) is 14.2 Å². The number of methoxy groups -OCH3 is 1. The zero-order valence-corrected chi connectivity index (χ0v) is 26.0. The normalized spacial score (nSPS) is 16.6. The highest BCUT2D eigenvalue weighted by atomic mass is 33.1. The number of aryl methyl sites for hydroxylation is 1. The van der Waals surface area contributed by atoms with E-state index in [0.29, 0.717) is 22.1 Å². The number of nitro benzene ring substituents is 1. The Labute approximate surface area is 262 Å². The van der Waals surface area contributed by atoms with Crippen molar-refractivity contribution in [1.82, 2.24) is 10.2 Å². The Bertz CT molecular complexity index is 1710. The minimum absolute atomic E-state index is 0.0374. The molecule has 1 saturated heterocycles. The van der Waals surface area contributed by atoms with E-state index in [0.717, 1.165) is 10.5 Å². The van der Waals surface area contributed by atoms with Crippen molar-refractivity contribution in [2.24, 2.45) is 0 Å². The number of β-lactam (4-membered cyclic amide) rings is 1. The fraction of sp³-hybridized carbons (Fsp3) is 0.233. The summed E-state index contributed by atoms with van der Waals surface area (Å²) < 4.78 is 43.0. The number of amides is 2. The summed E-state index contributed by atoms with van der Waals surface area (Å²) in [7, 11) is -2.47. The van der Waals surface area contributed by atoms with Crippen LogP contribution in [-0.2, 0) is 39.3 Å². The summed E-state index contributed by atoms with van der Waals surface area (Å²) in [5.74, 6) is -2.12. The molecule has 0 saturated carbocycles. The fourth-order valence-electron chi connectivity index (χ4n) is 4.14. The highest BCUT2D eigenvalue weighted by Gasteiger charge is 2.54. The predicted molar refractivity (Wildman–Crippen MR) is 163 cm³/mol. The molecule has 3 aromatic rings. The van der Waals surface area contributed by atoms with Crippen LogP contribution in [0.3, 0.4) is 0 Å². The van der Waals surface area contributed by atoms with Gasteiger partial charge in [0, 0.05) is 22.9 Å². The smallest absolute Gasteiger partial charge is 0.358 e. The summed E-state index contributed by atoms with van der Waals surface area (Å²) >= 11 is 0. The van der Waals surface area contributed by atoms with E-state index in [9.17, 15) is 32.9 Å². The van der Waals surface area contributed by atoms with Gasteiger partial charge in [0.15, 0.2) is 12.3 Å². The summed E-state index contributed by atoms with van der Waals surface area (Å²) in [6.07, 6.45) is 0. The lowest BCUT2D eigenvalue weighted by Crippen LogP contribution is -2.70. The number of likely N-dealkylation sites (tertiary alicyclic amines) is 1. The van der Waals surface area contributed by atoms with Crippen LogP contribution in [0.2, 0.25) is 0 Å². The fourth-order valence-corrected chi connectivity index (χ4v) is 7.61. The van der Waals surface area contributed by atoms with E-state index in [1.54, 1.807) is 49.4 Å². The molecule has 0 aromatic heterocycles. The van der Waals surface area contributed by atoms with Crippen molar-refractivity contribution in [2.45, 2.75) is 36.8 Å². The first-order valence-corrected chi connectivity index (χ1v) is 16.2. The number of hydrogen-bond acceptors (Lipinski definition) is 11. The highest BCUT2D eigenvalue weighted by molar-refractivity contribution is 8.72. The second-order valence-electron chi connectivity index (χ2n) is 9.72. The third-order valence-electron chi connectivity index (χ3n) is 6.60. The molecule has 45 heavy (non-hydrogen) atoms. The molecule has 2 atom stereocenters. The molecule has 1 aliphatic rings. The van der Waals surface area contributed by atoms with Crippen molar-refractivity contribution in [3.63, 3.8) is 0 Å². The van der Waals surface area contributed by atoms with Crippen molar-refractivity contribution >= 4 is 43.1 Å². The molecule has 2 amide bonds. The van der Waals surface area contributed by atoms with Gasteiger partial charge in [-0.1, -0.05) is 35.9 Å². The van der Waals surface area contributed by atoms with Crippen LogP contribution in [0.5, 0.6) is 5.75 Å². The van der Waals surface area contributed by atoms with Gasteiger partial charge in [-0.2, -0.15) is 0 Å². The van der Waals surface area contributed by atoms with Crippen molar-refractivity contribution in [3.05, 3.63) is 112 Å². The minimum atomic E-state index is -4.11. The summed E-state index contributed by atoms with van der Waals surface area (Å²) in [5, 5.41) is 12.2. The van der Waals surface area contributed by atoms with Crippen LogP contribution in [0.4, 0.5) is 5.69 Å². The lowest BCUT2D eigenvalue weighted by atomic mass is 10.1. The summed E-state index contributed by atoms with van der Waals surface area (Å²) in [6.45, 7) is 2.43. The molecule has 0 aliphatic carbocycles. The van der Waals surface area contributed by atoms with Crippen molar-refractivity contribution < 1.29 is 41.9 Å². The molecule has 236 valence electrons. The third kappa shape index (κ3) is 7.99. The quantitative estimate of drug-likeness (QED) is 0.0542. The molecule has 0 radical (unpaired) electrons. The van der Waals surface area contributed by atoms with E-state index in [1.165, 1.54) is 50.4 Å².